The Morgan fingerprint density at radius 2 is 2.20 bits per heavy atom. The zero-order valence-electron chi connectivity index (χ0n) is 14.2. The predicted molar refractivity (Wildman–Crippen MR) is 97.5 cm³/mol. The van der Waals surface area contributed by atoms with Gasteiger partial charge in [-0.15, -0.1) is 0 Å². The molecule has 0 bridgehead atoms. The van der Waals surface area contributed by atoms with Gasteiger partial charge in [-0.2, -0.15) is 5.10 Å². The van der Waals surface area contributed by atoms with E-state index in [4.69, 9.17) is 0 Å². The molecule has 1 fully saturated rings. The first-order valence-electron chi connectivity index (χ1n) is 8.62. The van der Waals surface area contributed by atoms with Gasteiger partial charge < -0.3 is 10.2 Å². The number of aryl methyl sites for hydroxylation is 1. The fraction of sp³-hybridized carbons (Fsp3) is 0.316. The largest absolute Gasteiger partial charge is 0.322 e. The molecular weight excluding hydrogens is 314 g/mol. The number of rotatable bonds is 3. The van der Waals surface area contributed by atoms with Crippen LogP contribution in [0.4, 0.5) is 10.5 Å². The Balaban J connectivity index is 1.53. The summed E-state index contributed by atoms with van der Waals surface area (Å²) >= 11 is 0. The average molecular weight is 335 g/mol. The molecule has 1 atom stereocenters. The Hall–Kier alpha value is -2.89. The van der Waals surface area contributed by atoms with E-state index in [1.54, 1.807) is 6.20 Å². The normalized spacial score (nSPS) is 17.2. The molecule has 1 aliphatic heterocycles. The van der Waals surface area contributed by atoms with Gasteiger partial charge in [0, 0.05) is 30.0 Å². The molecule has 128 valence electrons. The first-order chi connectivity index (χ1) is 12.2. The van der Waals surface area contributed by atoms with Crippen LogP contribution in [0.25, 0.3) is 10.9 Å². The lowest BCUT2D eigenvalue weighted by molar-refractivity contribution is 0.199. The maximum absolute atomic E-state index is 12.8. The van der Waals surface area contributed by atoms with E-state index >= 15 is 0 Å². The molecule has 3 aromatic rings. The Bertz CT molecular complexity index is 890. The summed E-state index contributed by atoms with van der Waals surface area (Å²) < 4.78 is 1.89. The number of carbonyl (C=O) groups excluding carboxylic acids is 1. The van der Waals surface area contributed by atoms with Crippen LogP contribution in [0.3, 0.4) is 0 Å². The highest BCUT2D eigenvalue weighted by atomic mass is 16.2. The zero-order valence-corrected chi connectivity index (χ0v) is 14.2. The molecule has 1 saturated heterocycles. The van der Waals surface area contributed by atoms with Crippen molar-refractivity contribution >= 4 is 22.6 Å². The third kappa shape index (κ3) is 3.20. The van der Waals surface area contributed by atoms with Gasteiger partial charge >= 0.3 is 6.03 Å². The summed E-state index contributed by atoms with van der Waals surface area (Å²) in [6.45, 7) is 3.48. The lowest BCUT2D eigenvalue weighted by atomic mass is 10.1. The molecule has 1 N–H and O–H groups in total. The molecule has 0 spiro atoms. The van der Waals surface area contributed by atoms with Gasteiger partial charge in [-0.1, -0.05) is 6.07 Å². The van der Waals surface area contributed by atoms with Crippen molar-refractivity contribution in [2.45, 2.75) is 32.4 Å². The summed E-state index contributed by atoms with van der Waals surface area (Å²) in [5.74, 6) is 0. The number of benzene rings is 1. The van der Waals surface area contributed by atoms with Gasteiger partial charge in [0.25, 0.3) is 0 Å². The monoisotopic (exact) mass is 335 g/mol. The van der Waals surface area contributed by atoms with E-state index in [0.29, 0.717) is 0 Å². The number of nitrogens with zero attached hydrogens (tertiary/aromatic N) is 4. The molecule has 6 nitrogen and oxygen atoms in total. The molecule has 2 amide bonds. The summed E-state index contributed by atoms with van der Waals surface area (Å²) in [6.07, 6.45) is 5.73. The molecule has 1 aromatic carbocycles. The quantitative estimate of drug-likeness (QED) is 0.797. The molecule has 1 aliphatic rings. The van der Waals surface area contributed by atoms with Crippen molar-refractivity contribution in [3.8, 4) is 0 Å². The van der Waals surface area contributed by atoms with Crippen LogP contribution in [0.2, 0.25) is 0 Å². The van der Waals surface area contributed by atoms with E-state index in [1.807, 2.05) is 59.1 Å². The molecule has 0 unspecified atom stereocenters. The van der Waals surface area contributed by atoms with E-state index in [-0.39, 0.29) is 12.1 Å². The number of aromatic nitrogens is 3. The Morgan fingerprint density at radius 3 is 3.04 bits per heavy atom. The summed E-state index contributed by atoms with van der Waals surface area (Å²) in [5, 5.41) is 8.29. The van der Waals surface area contributed by atoms with Gasteiger partial charge in [0.15, 0.2) is 0 Å². The van der Waals surface area contributed by atoms with Crippen LogP contribution >= 0.6 is 0 Å². The predicted octanol–water partition coefficient (Wildman–Crippen LogP) is 3.44. The summed E-state index contributed by atoms with van der Waals surface area (Å²) in [4.78, 5) is 19.3. The van der Waals surface area contributed by atoms with Crippen molar-refractivity contribution < 1.29 is 4.79 Å². The highest BCUT2D eigenvalue weighted by molar-refractivity contribution is 6.00. The Morgan fingerprint density at radius 1 is 1.28 bits per heavy atom. The van der Waals surface area contributed by atoms with Crippen molar-refractivity contribution in [2.75, 3.05) is 11.9 Å². The van der Waals surface area contributed by atoms with Crippen LogP contribution in [0, 0.1) is 6.92 Å². The number of fused-ring (bicyclic) bond motifs is 1. The Kier molecular flexibility index (Phi) is 4.09. The number of likely N-dealkylation sites (tertiary alicyclic amines) is 1. The van der Waals surface area contributed by atoms with Crippen molar-refractivity contribution in [1.29, 1.82) is 0 Å². The van der Waals surface area contributed by atoms with E-state index < -0.39 is 0 Å². The third-order valence-corrected chi connectivity index (χ3v) is 4.71. The van der Waals surface area contributed by atoms with Crippen LogP contribution in [0.5, 0.6) is 0 Å². The van der Waals surface area contributed by atoms with Crippen molar-refractivity contribution in [3.05, 3.63) is 54.5 Å². The van der Waals surface area contributed by atoms with Crippen LogP contribution in [0.1, 0.15) is 18.5 Å². The number of pyridine rings is 1. The van der Waals surface area contributed by atoms with E-state index in [1.165, 1.54) is 0 Å². The van der Waals surface area contributed by atoms with Crippen LogP contribution in [-0.2, 0) is 6.54 Å². The maximum Gasteiger partial charge on any atom is 0.322 e. The second kappa shape index (κ2) is 6.55. The van der Waals surface area contributed by atoms with Gasteiger partial charge in [-0.25, -0.2) is 4.79 Å². The van der Waals surface area contributed by atoms with Gasteiger partial charge in [-0.05, 0) is 50.1 Å². The second-order valence-corrected chi connectivity index (χ2v) is 6.47. The summed E-state index contributed by atoms with van der Waals surface area (Å²) in [6, 6.07) is 11.8. The summed E-state index contributed by atoms with van der Waals surface area (Å²) in [5.41, 5.74) is 2.67. The standard InChI is InChI=1S/C19H21N5O/c1-14-8-9-16-17(21-14)6-2-7-18(16)22-19(25)24-12-3-5-15(24)13-23-11-4-10-20-23/h2,4,6-11,15H,3,5,12-13H2,1H3,(H,22,25)/t15-/m1/s1. The first-order valence-corrected chi connectivity index (χ1v) is 8.62. The molecular formula is C19H21N5O. The molecule has 0 aliphatic carbocycles. The van der Waals surface area contributed by atoms with Crippen LogP contribution < -0.4 is 5.32 Å². The molecule has 3 heterocycles. The lowest BCUT2D eigenvalue weighted by Gasteiger charge is -2.25. The minimum Gasteiger partial charge on any atom is -0.320 e. The van der Waals surface area contributed by atoms with E-state index in [9.17, 15) is 4.79 Å². The number of anilines is 1. The van der Waals surface area contributed by atoms with Gasteiger partial charge in [0.1, 0.15) is 0 Å². The minimum atomic E-state index is -0.0530. The SMILES string of the molecule is Cc1ccc2c(NC(=O)N3CCC[C@@H]3Cn3cccn3)cccc2n1. The van der Waals surface area contributed by atoms with Crippen LogP contribution in [0.15, 0.2) is 48.8 Å². The molecule has 0 radical (unpaired) electrons. The molecule has 0 saturated carbocycles. The van der Waals surface area contributed by atoms with Crippen molar-refractivity contribution in [1.82, 2.24) is 19.7 Å². The third-order valence-electron chi connectivity index (χ3n) is 4.71. The zero-order chi connectivity index (χ0) is 17.2. The highest BCUT2D eigenvalue weighted by Crippen LogP contribution is 2.25. The number of hydrogen-bond acceptors (Lipinski definition) is 3. The Labute approximate surface area is 146 Å². The molecule has 6 heteroatoms. The number of nitrogens with one attached hydrogen (secondary N) is 1. The first kappa shape index (κ1) is 15.6. The van der Waals surface area contributed by atoms with Crippen molar-refractivity contribution in [3.63, 3.8) is 0 Å². The van der Waals surface area contributed by atoms with Crippen LogP contribution in [-0.4, -0.2) is 38.3 Å². The average Bonchev–Trinajstić information content (AvgIpc) is 3.27. The highest BCUT2D eigenvalue weighted by Gasteiger charge is 2.29. The fourth-order valence-electron chi connectivity index (χ4n) is 3.47. The lowest BCUT2D eigenvalue weighted by Crippen LogP contribution is -2.40. The minimum absolute atomic E-state index is 0.0530. The number of urea groups is 1. The van der Waals surface area contributed by atoms with E-state index in [2.05, 4.69) is 15.4 Å². The second-order valence-electron chi connectivity index (χ2n) is 6.47. The van der Waals surface area contributed by atoms with Crippen molar-refractivity contribution in [2.24, 2.45) is 0 Å². The van der Waals surface area contributed by atoms with Gasteiger partial charge in [0.2, 0.25) is 0 Å². The molecule has 4 rings (SSSR count). The van der Waals surface area contributed by atoms with Gasteiger partial charge in [0.05, 0.1) is 23.8 Å². The van der Waals surface area contributed by atoms with E-state index in [0.717, 1.165) is 48.2 Å². The topological polar surface area (TPSA) is 63.1 Å². The molecule has 25 heavy (non-hydrogen) atoms. The number of carbonyl (C=O) groups is 1. The summed E-state index contributed by atoms with van der Waals surface area (Å²) in [7, 11) is 0. The number of hydrogen-bond donors (Lipinski definition) is 1. The maximum atomic E-state index is 12.8. The smallest absolute Gasteiger partial charge is 0.320 e. The van der Waals surface area contributed by atoms with Gasteiger partial charge in [-0.3, -0.25) is 9.67 Å². The number of amides is 2. The molecule has 2 aromatic heterocycles. The fourth-order valence-corrected chi connectivity index (χ4v) is 3.47.